The quantitative estimate of drug-likeness (QED) is 0.528. The number of furan rings is 1. The molecule has 0 bridgehead atoms. The number of nitrogens with zero attached hydrogens (tertiary/aromatic N) is 3. The van der Waals surface area contributed by atoms with Crippen molar-refractivity contribution >= 4 is 32.9 Å². The molecule has 0 aromatic carbocycles. The maximum atomic E-state index is 13.1. The van der Waals surface area contributed by atoms with Gasteiger partial charge in [-0.15, -0.1) is 22.7 Å². The topological polar surface area (TPSA) is 60.9 Å². The Morgan fingerprint density at radius 3 is 3.19 bits per heavy atom. The highest BCUT2D eigenvalue weighted by Crippen LogP contribution is 2.35. The standard InChI is InChI=1S/C19H17N3O2S2/c1-11-4-5-13-15(7-11)26-18-16(13)19(23)22(10-20-18)8-12-9-25-17(21-12)14-3-2-6-24-14/h2-3,6,9-11H,4-5,7-8H2,1H3. The first-order valence-electron chi connectivity index (χ1n) is 8.67. The van der Waals surface area contributed by atoms with E-state index in [1.807, 2.05) is 17.5 Å². The van der Waals surface area contributed by atoms with Crippen LogP contribution in [0.5, 0.6) is 0 Å². The summed E-state index contributed by atoms with van der Waals surface area (Å²) < 4.78 is 7.07. The van der Waals surface area contributed by atoms with Crippen molar-refractivity contribution in [3.63, 3.8) is 0 Å². The van der Waals surface area contributed by atoms with Crippen LogP contribution in [0.25, 0.3) is 21.0 Å². The molecule has 4 aromatic rings. The van der Waals surface area contributed by atoms with Crippen molar-refractivity contribution in [3.05, 3.63) is 56.6 Å². The van der Waals surface area contributed by atoms with Crippen LogP contribution in [0.1, 0.15) is 29.5 Å². The molecule has 1 atom stereocenters. The molecule has 0 N–H and O–H groups in total. The number of hydrogen-bond acceptors (Lipinski definition) is 6. The molecular weight excluding hydrogens is 366 g/mol. The highest BCUT2D eigenvalue weighted by Gasteiger charge is 2.23. The molecule has 7 heteroatoms. The molecule has 0 amide bonds. The molecule has 0 saturated carbocycles. The summed E-state index contributed by atoms with van der Waals surface area (Å²) in [4.78, 5) is 24.4. The van der Waals surface area contributed by atoms with E-state index in [9.17, 15) is 4.79 Å². The molecule has 0 aliphatic heterocycles. The van der Waals surface area contributed by atoms with Gasteiger partial charge in [-0.1, -0.05) is 6.92 Å². The van der Waals surface area contributed by atoms with Crippen molar-refractivity contribution in [2.45, 2.75) is 32.7 Å². The van der Waals surface area contributed by atoms with Crippen LogP contribution < -0.4 is 5.56 Å². The van der Waals surface area contributed by atoms with E-state index >= 15 is 0 Å². The first-order chi connectivity index (χ1) is 12.7. The summed E-state index contributed by atoms with van der Waals surface area (Å²) in [7, 11) is 0. The first kappa shape index (κ1) is 16.0. The summed E-state index contributed by atoms with van der Waals surface area (Å²) in [5, 5.41) is 3.62. The van der Waals surface area contributed by atoms with E-state index < -0.39 is 0 Å². The minimum absolute atomic E-state index is 0.0506. The zero-order valence-corrected chi connectivity index (χ0v) is 15.9. The van der Waals surface area contributed by atoms with Gasteiger partial charge in [-0.2, -0.15) is 0 Å². The second-order valence-corrected chi connectivity index (χ2v) is 8.77. The fourth-order valence-electron chi connectivity index (χ4n) is 3.55. The normalized spacial score (nSPS) is 16.9. The smallest absolute Gasteiger partial charge is 0.262 e. The maximum Gasteiger partial charge on any atom is 0.262 e. The third-order valence-corrected chi connectivity index (χ3v) is 6.97. The maximum absolute atomic E-state index is 13.1. The zero-order valence-electron chi connectivity index (χ0n) is 14.3. The van der Waals surface area contributed by atoms with Gasteiger partial charge in [-0.05, 0) is 42.9 Å². The van der Waals surface area contributed by atoms with Crippen LogP contribution in [-0.2, 0) is 19.4 Å². The Balaban J connectivity index is 1.52. The van der Waals surface area contributed by atoms with Crippen molar-refractivity contribution < 1.29 is 4.42 Å². The van der Waals surface area contributed by atoms with E-state index in [-0.39, 0.29) is 5.56 Å². The van der Waals surface area contributed by atoms with E-state index in [2.05, 4.69) is 16.9 Å². The Morgan fingerprint density at radius 2 is 2.35 bits per heavy atom. The average Bonchev–Trinajstić information content (AvgIpc) is 3.35. The lowest BCUT2D eigenvalue weighted by atomic mass is 9.89. The van der Waals surface area contributed by atoms with Gasteiger partial charge in [0.15, 0.2) is 10.8 Å². The molecule has 0 radical (unpaired) electrons. The summed E-state index contributed by atoms with van der Waals surface area (Å²) in [5.74, 6) is 1.44. The lowest BCUT2D eigenvalue weighted by Crippen LogP contribution is -2.22. The van der Waals surface area contributed by atoms with Gasteiger partial charge in [-0.3, -0.25) is 9.36 Å². The molecule has 5 nitrogen and oxygen atoms in total. The van der Waals surface area contributed by atoms with E-state index in [0.29, 0.717) is 12.5 Å². The van der Waals surface area contributed by atoms with Crippen LogP contribution in [0, 0.1) is 5.92 Å². The number of aromatic nitrogens is 3. The van der Waals surface area contributed by atoms with Gasteiger partial charge in [0.2, 0.25) is 0 Å². The number of fused-ring (bicyclic) bond motifs is 3. The zero-order chi connectivity index (χ0) is 17.7. The average molecular weight is 383 g/mol. The van der Waals surface area contributed by atoms with Crippen LogP contribution in [0.4, 0.5) is 0 Å². The van der Waals surface area contributed by atoms with Crippen molar-refractivity contribution in [3.8, 4) is 10.8 Å². The summed E-state index contributed by atoms with van der Waals surface area (Å²) in [6.07, 6.45) is 6.48. The third kappa shape index (κ3) is 2.62. The predicted molar refractivity (Wildman–Crippen MR) is 104 cm³/mol. The summed E-state index contributed by atoms with van der Waals surface area (Å²) >= 11 is 3.21. The van der Waals surface area contributed by atoms with Crippen molar-refractivity contribution in [1.29, 1.82) is 0 Å². The Bertz CT molecular complexity index is 1140. The highest BCUT2D eigenvalue weighted by molar-refractivity contribution is 7.18. The minimum atomic E-state index is 0.0506. The Kier molecular flexibility index (Phi) is 3.79. The largest absolute Gasteiger partial charge is 0.462 e. The van der Waals surface area contributed by atoms with Crippen LogP contribution >= 0.6 is 22.7 Å². The Morgan fingerprint density at radius 1 is 1.42 bits per heavy atom. The molecule has 4 heterocycles. The summed E-state index contributed by atoms with van der Waals surface area (Å²) in [6, 6.07) is 3.74. The van der Waals surface area contributed by atoms with E-state index in [0.717, 1.165) is 45.9 Å². The molecule has 0 fully saturated rings. The fraction of sp³-hybridized carbons (Fsp3) is 0.316. The molecule has 0 spiro atoms. The SMILES string of the molecule is CC1CCc2c(sc3ncn(Cc4csc(-c5ccco5)n4)c(=O)c23)C1. The van der Waals surface area contributed by atoms with E-state index in [4.69, 9.17) is 4.42 Å². The van der Waals surface area contributed by atoms with Crippen molar-refractivity contribution in [1.82, 2.24) is 14.5 Å². The van der Waals surface area contributed by atoms with Gasteiger partial charge in [0.1, 0.15) is 4.83 Å². The van der Waals surface area contributed by atoms with Gasteiger partial charge in [-0.25, -0.2) is 9.97 Å². The highest BCUT2D eigenvalue weighted by atomic mass is 32.1. The predicted octanol–water partition coefficient (Wildman–Crippen LogP) is 4.35. The number of rotatable bonds is 3. The lowest BCUT2D eigenvalue weighted by Gasteiger charge is -2.17. The third-order valence-electron chi connectivity index (χ3n) is 4.90. The second kappa shape index (κ2) is 6.17. The summed E-state index contributed by atoms with van der Waals surface area (Å²) in [6.45, 7) is 2.71. The number of hydrogen-bond donors (Lipinski definition) is 0. The van der Waals surface area contributed by atoms with Crippen LogP contribution in [-0.4, -0.2) is 14.5 Å². The number of aryl methyl sites for hydroxylation is 1. The Hall–Kier alpha value is -2.25. The van der Waals surface area contributed by atoms with Gasteiger partial charge in [0.25, 0.3) is 5.56 Å². The van der Waals surface area contributed by atoms with Gasteiger partial charge < -0.3 is 4.42 Å². The first-order valence-corrected chi connectivity index (χ1v) is 10.4. The molecular formula is C19H17N3O2S2. The number of thiophene rings is 1. The molecule has 26 heavy (non-hydrogen) atoms. The fourth-order valence-corrected chi connectivity index (χ4v) is 5.66. The molecule has 1 aliphatic carbocycles. The minimum Gasteiger partial charge on any atom is -0.462 e. The molecule has 5 rings (SSSR count). The van der Waals surface area contributed by atoms with Crippen LogP contribution in [0.15, 0.2) is 39.3 Å². The number of thiazole rings is 1. The van der Waals surface area contributed by atoms with Crippen molar-refractivity contribution in [2.75, 3.05) is 0 Å². The second-order valence-electron chi connectivity index (χ2n) is 6.83. The molecule has 4 aromatic heterocycles. The lowest BCUT2D eigenvalue weighted by molar-refractivity contribution is 0.509. The molecule has 1 aliphatic rings. The van der Waals surface area contributed by atoms with E-state index in [1.54, 1.807) is 28.5 Å². The molecule has 132 valence electrons. The van der Waals surface area contributed by atoms with Crippen molar-refractivity contribution in [2.24, 2.45) is 5.92 Å². The monoisotopic (exact) mass is 383 g/mol. The Labute approximate surface area is 158 Å². The van der Waals surface area contributed by atoms with Crippen LogP contribution in [0.3, 0.4) is 0 Å². The van der Waals surface area contributed by atoms with Gasteiger partial charge >= 0.3 is 0 Å². The van der Waals surface area contributed by atoms with E-state index in [1.165, 1.54) is 21.8 Å². The summed E-state index contributed by atoms with van der Waals surface area (Å²) in [5.41, 5.74) is 2.13. The van der Waals surface area contributed by atoms with Crippen LogP contribution in [0.2, 0.25) is 0 Å². The molecule has 0 saturated heterocycles. The van der Waals surface area contributed by atoms with Gasteiger partial charge in [0.05, 0.1) is 30.2 Å². The van der Waals surface area contributed by atoms with Gasteiger partial charge in [0, 0.05) is 10.3 Å². The molecule has 1 unspecified atom stereocenters.